The highest BCUT2D eigenvalue weighted by atomic mass is 35.5. The lowest BCUT2D eigenvalue weighted by Crippen LogP contribution is -2.33. The molecule has 0 aliphatic carbocycles. The molecule has 0 unspecified atom stereocenters. The highest BCUT2D eigenvalue weighted by Gasteiger charge is 2.28. The summed E-state index contributed by atoms with van der Waals surface area (Å²) in [5.41, 5.74) is 2.16. The highest BCUT2D eigenvalue weighted by molar-refractivity contribution is 6.30. The molecule has 24 heavy (non-hydrogen) atoms. The average Bonchev–Trinajstić information content (AvgIpc) is 2.91. The van der Waals surface area contributed by atoms with Crippen molar-refractivity contribution in [2.45, 2.75) is 25.4 Å². The zero-order valence-corrected chi connectivity index (χ0v) is 14.2. The maximum absolute atomic E-state index is 12.2. The number of phenolic OH excluding ortho intramolecular Hbond substituents is 1. The van der Waals surface area contributed by atoms with E-state index in [2.05, 4.69) is 5.32 Å². The van der Waals surface area contributed by atoms with Gasteiger partial charge in [0.1, 0.15) is 5.75 Å². The molecule has 1 aliphatic heterocycles. The largest absolute Gasteiger partial charge is 0.508 e. The molecular formula is C19H21ClN2O2. The first-order valence-electron chi connectivity index (χ1n) is 8.13. The number of nitrogens with zero attached hydrogens (tertiary/aromatic N) is 1. The molecule has 0 spiro atoms. The van der Waals surface area contributed by atoms with E-state index in [1.54, 1.807) is 12.1 Å². The van der Waals surface area contributed by atoms with Gasteiger partial charge in [0.2, 0.25) is 5.91 Å². The zero-order chi connectivity index (χ0) is 16.9. The second-order valence-electron chi connectivity index (χ2n) is 6.17. The molecule has 0 saturated carbocycles. The fraction of sp³-hybridized carbons (Fsp3) is 0.316. The van der Waals surface area contributed by atoms with Gasteiger partial charge in [0, 0.05) is 37.1 Å². The van der Waals surface area contributed by atoms with Crippen molar-refractivity contribution in [2.24, 2.45) is 0 Å². The number of carbonyl (C=O) groups excluding carboxylic acids is 1. The minimum absolute atomic E-state index is 0.152. The summed E-state index contributed by atoms with van der Waals surface area (Å²) in [6.45, 7) is 2.08. The molecule has 3 rings (SSSR count). The van der Waals surface area contributed by atoms with Crippen molar-refractivity contribution >= 4 is 17.5 Å². The molecule has 4 nitrogen and oxygen atoms in total. The number of hydrogen-bond acceptors (Lipinski definition) is 3. The van der Waals surface area contributed by atoms with E-state index in [0.29, 0.717) is 19.5 Å². The van der Waals surface area contributed by atoms with Gasteiger partial charge in [-0.05, 0) is 41.8 Å². The molecule has 0 bridgehead atoms. The van der Waals surface area contributed by atoms with Crippen molar-refractivity contribution in [1.29, 1.82) is 0 Å². The van der Waals surface area contributed by atoms with Gasteiger partial charge in [-0.15, -0.1) is 0 Å². The van der Waals surface area contributed by atoms with Gasteiger partial charge in [0.15, 0.2) is 0 Å². The summed E-state index contributed by atoms with van der Waals surface area (Å²) in [7, 11) is 0. The maximum atomic E-state index is 12.2. The van der Waals surface area contributed by atoms with E-state index >= 15 is 0 Å². The van der Waals surface area contributed by atoms with Gasteiger partial charge in [0.25, 0.3) is 0 Å². The van der Waals surface area contributed by atoms with Crippen molar-refractivity contribution in [2.75, 3.05) is 13.1 Å². The van der Waals surface area contributed by atoms with Crippen LogP contribution in [0, 0.1) is 0 Å². The molecule has 1 aliphatic rings. The van der Waals surface area contributed by atoms with Crippen LogP contribution in [-0.4, -0.2) is 35.0 Å². The van der Waals surface area contributed by atoms with E-state index < -0.39 is 0 Å². The van der Waals surface area contributed by atoms with Crippen LogP contribution in [0.4, 0.5) is 0 Å². The predicted molar refractivity (Wildman–Crippen MR) is 95.1 cm³/mol. The Balaban J connectivity index is 1.48. The summed E-state index contributed by atoms with van der Waals surface area (Å²) < 4.78 is 0. The Morgan fingerprint density at radius 3 is 2.75 bits per heavy atom. The van der Waals surface area contributed by atoms with Gasteiger partial charge in [-0.25, -0.2) is 0 Å². The Bertz CT molecular complexity index is 720. The maximum Gasteiger partial charge on any atom is 0.224 e. The molecule has 2 aromatic carbocycles. The van der Waals surface area contributed by atoms with E-state index in [1.807, 2.05) is 41.3 Å². The second kappa shape index (κ2) is 7.69. The van der Waals surface area contributed by atoms with Gasteiger partial charge in [-0.1, -0.05) is 35.9 Å². The van der Waals surface area contributed by atoms with Crippen molar-refractivity contribution in [3.05, 3.63) is 64.7 Å². The molecule has 1 amide bonds. The van der Waals surface area contributed by atoms with Gasteiger partial charge in [0.05, 0.1) is 0 Å². The van der Waals surface area contributed by atoms with Crippen LogP contribution in [0.3, 0.4) is 0 Å². The molecule has 1 heterocycles. The first kappa shape index (κ1) is 16.8. The molecule has 0 radical (unpaired) electrons. The molecule has 126 valence electrons. The van der Waals surface area contributed by atoms with Crippen molar-refractivity contribution in [3.8, 4) is 5.75 Å². The smallest absolute Gasteiger partial charge is 0.224 e. The lowest BCUT2D eigenvalue weighted by atomic mass is 10.1. The molecule has 5 heteroatoms. The fourth-order valence-electron chi connectivity index (χ4n) is 3.01. The average molecular weight is 345 g/mol. The molecular weight excluding hydrogens is 324 g/mol. The van der Waals surface area contributed by atoms with Crippen LogP contribution < -0.4 is 5.32 Å². The second-order valence-corrected chi connectivity index (χ2v) is 6.61. The summed E-state index contributed by atoms with van der Waals surface area (Å²) in [4.78, 5) is 14.1. The number of rotatable bonds is 6. The first-order valence-corrected chi connectivity index (χ1v) is 8.51. The van der Waals surface area contributed by atoms with Crippen LogP contribution in [0.5, 0.6) is 5.75 Å². The number of amides is 1. The van der Waals surface area contributed by atoms with Gasteiger partial charge >= 0.3 is 0 Å². The summed E-state index contributed by atoms with van der Waals surface area (Å²) in [5.74, 6) is 0.449. The number of likely N-dealkylation sites (tertiary alicyclic amines) is 1. The minimum Gasteiger partial charge on any atom is -0.508 e. The SMILES string of the molecule is O=C1C[C@@H](NCc2cccc(O)c2)CN1CCc1cccc(Cl)c1. The van der Waals surface area contributed by atoms with Crippen LogP contribution in [-0.2, 0) is 17.8 Å². The topological polar surface area (TPSA) is 52.6 Å². The normalized spacial score (nSPS) is 17.5. The number of halogens is 1. The third-order valence-corrected chi connectivity index (χ3v) is 4.51. The minimum atomic E-state index is 0.152. The molecule has 1 fully saturated rings. The molecule has 2 aromatic rings. The van der Waals surface area contributed by atoms with Gasteiger partial charge in [-0.2, -0.15) is 0 Å². The van der Waals surface area contributed by atoms with Crippen molar-refractivity contribution < 1.29 is 9.90 Å². The lowest BCUT2D eigenvalue weighted by molar-refractivity contribution is -0.127. The standard InChI is InChI=1S/C19H21ClN2O2/c20-16-5-1-3-14(9-16)7-8-22-13-17(11-19(22)24)21-12-15-4-2-6-18(23)10-15/h1-6,9-10,17,21,23H,7-8,11-13H2/t17-/m1/s1. The number of aromatic hydroxyl groups is 1. The molecule has 1 saturated heterocycles. The number of nitrogens with one attached hydrogen (secondary N) is 1. The Labute approximate surface area is 147 Å². The van der Waals surface area contributed by atoms with Crippen molar-refractivity contribution in [1.82, 2.24) is 10.2 Å². The summed E-state index contributed by atoms with van der Waals surface area (Å²) in [6, 6.07) is 15.1. The monoisotopic (exact) mass is 344 g/mol. The third kappa shape index (κ3) is 4.49. The highest BCUT2D eigenvalue weighted by Crippen LogP contribution is 2.16. The number of benzene rings is 2. The van der Waals surface area contributed by atoms with Crippen LogP contribution >= 0.6 is 11.6 Å². The van der Waals surface area contributed by atoms with E-state index in [0.717, 1.165) is 29.1 Å². The quantitative estimate of drug-likeness (QED) is 0.847. The van der Waals surface area contributed by atoms with E-state index in [1.165, 1.54) is 0 Å². The first-order chi connectivity index (χ1) is 11.6. The van der Waals surface area contributed by atoms with E-state index in [4.69, 9.17) is 11.6 Å². The van der Waals surface area contributed by atoms with Crippen LogP contribution in [0.2, 0.25) is 5.02 Å². The lowest BCUT2D eigenvalue weighted by Gasteiger charge is -2.17. The Kier molecular flexibility index (Phi) is 5.38. The summed E-state index contributed by atoms with van der Waals surface area (Å²) >= 11 is 5.99. The van der Waals surface area contributed by atoms with Crippen molar-refractivity contribution in [3.63, 3.8) is 0 Å². The number of hydrogen-bond donors (Lipinski definition) is 2. The molecule has 1 atom stereocenters. The Morgan fingerprint density at radius 2 is 1.96 bits per heavy atom. The van der Waals surface area contributed by atoms with Crippen LogP contribution in [0.1, 0.15) is 17.5 Å². The molecule has 2 N–H and O–H groups in total. The predicted octanol–water partition coefficient (Wildman–Crippen LogP) is 2.98. The van der Waals surface area contributed by atoms with E-state index in [9.17, 15) is 9.90 Å². The molecule has 0 aromatic heterocycles. The number of phenols is 1. The third-order valence-electron chi connectivity index (χ3n) is 4.28. The van der Waals surface area contributed by atoms with E-state index in [-0.39, 0.29) is 17.7 Å². The number of carbonyl (C=O) groups is 1. The summed E-state index contributed by atoms with van der Waals surface area (Å²) in [6.07, 6.45) is 1.33. The van der Waals surface area contributed by atoms with Gasteiger partial charge < -0.3 is 15.3 Å². The fourth-order valence-corrected chi connectivity index (χ4v) is 3.22. The zero-order valence-electron chi connectivity index (χ0n) is 13.4. The van der Waals surface area contributed by atoms with Crippen LogP contribution in [0.15, 0.2) is 48.5 Å². The van der Waals surface area contributed by atoms with Gasteiger partial charge in [-0.3, -0.25) is 4.79 Å². The Morgan fingerprint density at radius 1 is 1.17 bits per heavy atom. The summed E-state index contributed by atoms with van der Waals surface area (Å²) in [5, 5.41) is 13.6. The van der Waals surface area contributed by atoms with Crippen LogP contribution in [0.25, 0.3) is 0 Å². The Hall–Kier alpha value is -2.04.